The predicted octanol–water partition coefficient (Wildman–Crippen LogP) is 1.07. The minimum Gasteiger partial charge on any atom is -0.508 e. The number of aromatic hydroxyl groups is 1. The van der Waals surface area contributed by atoms with Crippen LogP contribution in [-0.2, 0) is 11.2 Å². The van der Waals surface area contributed by atoms with E-state index < -0.39 is 0 Å². The molecule has 1 fully saturated rings. The monoisotopic (exact) mass is 275 g/mol. The Hall–Kier alpha value is -1.92. The summed E-state index contributed by atoms with van der Waals surface area (Å²) in [6.45, 7) is 1.27. The molecule has 0 amide bonds. The molecule has 0 radical (unpaired) electrons. The molecule has 0 aliphatic carbocycles. The molecule has 0 saturated carbocycles. The fraction of sp³-hybridized carbons (Fsp3) is 0.429. The van der Waals surface area contributed by atoms with Crippen molar-refractivity contribution in [1.82, 2.24) is 15.5 Å². The number of nitrogens with one attached hydrogen (secondary N) is 1. The molecule has 1 aliphatic rings. The van der Waals surface area contributed by atoms with Crippen LogP contribution in [0, 0.1) is 0 Å². The Labute approximate surface area is 116 Å². The third kappa shape index (κ3) is 2.66. The Kier molecular flexibility index (Phi) is 3.66. The molecule has 3 rings (SSSR count). The lowest BCUT2D eigenvalue weighted by molar-refractivity contribution is 0.185. The number of rotatable bonds is 4. The van der Waals surface area contributed by atoms with Crippen molar-refractivity contribution in [3.05, 3.63) is 41.5 Å². The van der Waals surface area contributed by atoms with Crippen LogP contribution in [0.25, 0.3) is 0 Å². The second-order valence-electron chi connectivity index (χ2n) is 4.93. The van der Waals surface area contributed by atoms with E-state index in [1.165, 1.54) is 0 Å². The molecule has 1 saturated heterocycles. The highest BCUT2D eigenvalue weighted by molar-refractivity contribution is 5.27. The summed E-state index contributed by atoms with van der Waals surface area (Å²) in [5.41, 5.74) is 1.03. The molecule has 1 aliphatic heterocycles. The van der Waals surface area contributed by atoms with Crippen LogP contribution in [0.3, 0.4) is 0 Å². The van der Waals surface area contributed by atoms with Gasteiger partial charge in [0.2, 0.25) is 5.89 Å². The predicted molar refractivity (Wildman–Crippen MR) is 71.6 cm³/mol. The molecule has 20 heavy (non-hydrogen) atoms. The molecule has 2 heterocycles. The first-order valence-electron chi connectivity index (χ1n) is 6.61. The van der Waals surface area contributed by atoms with Crippen molar-refractivity contribution in [2.75, 3.05) is 20.3 Å². The van der Waals surface area contributed by atoms with Crippen molar-refractivity contribution in [2.24, 2.45) is 0 Å². The first-order chi connectivity index (χ1) is 9.76. The van der Waals surface area contributed by atoms with Crippen molar-refractivity contribution in [3.8, 4) is 5.75 Å². The number of benzene rings is 1. The number of phenolic OH excluding ortho intramolecular Hbond substituents is 1. The Bertz CT molecular complexity index is 567. The average Bonchev–Trinajstić information content (AvgIpc) is 3.09. The van der Waals surface area contributed by atoms with Crippen LogP contribution in [0.1, 0.15) is 23.2 Å². The SMILES string of the molecule is CNC1COCC1c1nc(Cc2ccc(O)cc2)no1. The summed E-state index contributed by atoms with van der Waals surface area (Å²) < 4.78 is 10.8. The molecule has 6 heteroatoms. The van der Waals surface area contributed by atoms with Gasteiger partial charge in [0.15, 0.2) is 5.82 Å². The molecule has 0 spiro atoms. The Morgan fingerprint density at radius 3 is 2.85 bits per heavy atom. The summed E-state index contributed by atoms with van der Waals surface area (Å²) >= 11 is 0. The number of aromatic nitrogens is 2. The lowest BCUT2D eigenvalue weighted by atomic mass is 10.0. The van der Waals surface area contributed by atoms with Gasteiger partial charge in [-0.1, -0.05) is 17.3 Å². The zero-order valence-electron chi connectivity index (χ0n) is 11.2. The van der Waals surface area contributed by atoms with Crippen molar-refractivity contribution in [2.45, 2.75) is 18.4 Å². The Balaban J connectivity index is 1.72. The summed E-state index contributed by atoms with van der Waals surface area (Å²) in [6.07, 6.45) is 0.585. The highest BCUT2D eigenvalue weighted by Gasteiger charge is 2.32. The molecule has 2 unspecified atom stereocenters. The van der Waals surface area contributed by atoms with Gasteiger partial charge in [-0.2, -0.15) is 4.98 Å². The third-order valence-corrected chi connectivity index (χ3v) is 3.55. The van der Waals surface area contributed by atoms with Gasteiger partial charge in [0, 0.05) is 12.5 Å². The standard InChI is InChI=1S/C14H17N3O3/c1-15-12-8-19-7-11(12)14-16-13(17-20-14)6-9-2-4-10(18)5-3-9/h2-5,11-12,15,18H,6-8H2,1H3. The topological polar surface area (TPSA) is 80.4 Å². The minimum atomic E-state index is 0.112. The van der Waals surface area contributed by atoms with Crippen molar-refractivity contribution >= 4 is 0 Å². The lowest BCUT2D eigenvalue weighted by Crippen LogP contribution is -2.31. The van der Waals surface area contributed by atoms with Gasteiger partial charge in [0.05, 0.1) is 19.1 Å². The van der Waals surface area contributed by atoms with E-state index in [0.29, 0.717) is 31.3 Å². The normalized spacial score (nSPS) is 22.2. The van der Waals surface area contributed by atoms with Gasteiger partial charge in [0.25, 0.3) is 0 Å². The first-order valence-corrected chi connectivity index (χ1v) is 6.61. The summed E-state index contributed by atoms with van der Waals surface area (Å²) in [4.78, 5) is 4.45. The Morgan fingerprint density at radius 1 is 1.30 bits per heavy atom. The van der Waals surface area contributed by atoms with Crippen LogP contribution in [0.2, 0.25) is 0 Å². The summed E-state index contributed by atoms with van der Waals surface area (Å²) in [7, 11) is 1.90. The summed E-state index contributed by atoms with van der Waals surface area (Å²) in [5, 5.41) is 16.5. The van der Waals surface area contributed by atoms with E-state index in [0.717, 1.165) is 5.56 Å². The van der Waals surface area contributed by atoms with Gasteiger partial charge in [-0.25, -0.2) is 0 Å². The fourth-order valence-electron chi connectivity index (χ4n) is 2.37. The highest BCUT2D eigenvalue weighted by atomic mass is 16.5. The maximum absolute atomic E-state index is 9.26. The molecule has 6 nitrogen and oxygen atoms in total. The smallest absolute Gasteiger partial charge is 0.233 e. The summed E-state index contributed by atoms with van der Waals surface area (Å²) in [6, 6.07) is 7.22. The fourth-order valence-corrected chi connectivity index (χ4v) is 2.37. The van der Waals surface area contributed by atoms with Gasteiger partial charge in [-0.15, -0.1) is 0 Å². The number of nitrogens with zero attached hydrogens (tertiary/aromatic N) is 2. The zero-order valence-corrected chi connectivity index (χ0v) is 11.2. The number of hydrogen-bond acceptors (Lipinski definition) is 6. The molecule has 106 valence electrons. The van der Waals surface area contributed by atoms with Crippen LogP contribution in [0.15, 0.2) is 28.8 Å². The van der Waals surface area contributed by atoms with Crippen LogP contribution in [0.4, 0.5) is 0 Å². The lowest BCUT2D eigenvalue weighted by Gasteiger charge is -2.11. The quantitative estimate of drug-likeness (QED) is 0.868. The largest absolute Gasteiger partial charge is 0.508 e. The van der Waals surface area contributed by atoms with Gasteiger partial charge >= 0.3 is 0 Å². The molecule has 2 aromatic rings. The van der Waals surface area contributed by atoms with Crippen LogP contribution >= 0.6 is 0 Å². The second-order valence-corrected chi connectivity index (χ2v) is 4.93. The average molecular weight is 275 g/mol. The van der Waals surface area contributed by atoms with Crippen molar-refractivity contribution in [1.29, 1.82) is 0 Å². The van der Waals surface area contributed by atoms with E-state index in [1.54, 1.807) is 12.1 Å². The molecule has 0 bridgehead atoms. The van der Waals surface area contributed by atoms with E-state index in [1.807, 2.05) is 19.2 Å². The van der Waals surface area contributed by atoms with E-state index in [9.17, 15) is 5.11 Å². The zero-order chi connectivity index (χ0) is 13.9. The number of likely N-dealkylation sites (N-methyl/N-ethyl adjacent to an activating group) is 1. The number of phenols is 1. The molecule has 2 atom stereocenters. The van der Waals surface area contributed by atoms with Gasteiger partial charge in [-0.05, 0) is 24.7 Å². The first kappa shape index (κ1) is 13.1. The van der Waals surface area contributed by atoms with Crippen LogP contribution in [-0.4, -0.2) is 41.6 Å². The maximum Gasteiger partial charge on any atom is 0.233 e. The highest BCUT2D eigenvalue weighted by Crippen LogP contribution is 2.24. The van der Waals surface area contributed by atoms with Gasteiger partial charge in [0.1, 0.15) is 5.75 Å². The molecule has 2 N–H and O–H groups in total. The van der Waals surface area contributed by atoms with Gasteiger partial charge in [-0.3, -0.25) is 0 Å². The molecular formula is C14H17N3O3. The van der Waals surface area contributed by atoms with E-state index in [-0.39, 0.29) is 17.7 Å². The maximum atomic E-state index is 9.26. The molecule has 1 aromatic carbocycles. The molecule has 1 aromatic heterocycles. The Morgan fingerprint density at radius 2 is 2.10 bits per heavy atom. The number of ether oxygens (including phenoxy) is 1. The third-order valence-electron chi connectivity index (χ3n) is 3.55. The molecular weight excluding hydrogens is 258 g/mol. The summed E-state index contributed by atoms with van der Waals surface area (Å²) in [5.74, 6) is 1.63. The van der Waals surface area contributed by atoms with Gasteiger partial charge < -0.3 is 19.7 Å². The van der Waals surface area contributed by atoms with Crippen LogP contribution < -0.4 is 5.32 Å². The minimum absolute atomic E-state index is 0.112. The van der Waals surface area contributed by atoms with Crippen molar-refractivity contribution < 1.29 is 14.4 Å². The van der Waals surface area contributed by atoms with Crippen LogP contribution in [0.5, 0.6) is 5.75 Å². The van der Waals surface area contributed by atoms with E-state index in [2.05, 4.69) is 15.5 Å². The van der Waals surface area contributed by atoms with Crippen molar-refractivity contribution in [3.63, 3.8) is 0 Å². The van der Waals surface area contributed by atoms with E-state index in [4.69, 9.17) is 9.26 Å². The van der Waals surface area contributed by atoms with E-state index >= 15 is 0 Å². The number of hydrogen-bond donors (Lipinski definition) is 2. The second kappa shape index (κ2) is 5.60.